The van der Waals surface area contributed by atoms with E-state index in [-0.39, 0.29) is 6.03 Å². The van der Waals surface area contributed by atoms with Gasteiger partial charge in [0.05, 0.1) is 12.2 Å². The number of fused-ring (bicyclic) bond motifs is 1. The number of carbonyl (C=O) groups is 1. The van der Waals surface area contributed by atoms with Crippen molar-refractivity contribution in [2.45, 2.75) is 32.2 Å². The van der Waals surface area contributed by atoms with E-state index < -0.39 is 0 Å². The number of amides is 2. The zero-order valence-corrected chi connectivity index (χ0v) is 14.9. The standard InChI is InChI=1S/C20H23N5O/c1-14-21-9-6-17(23-14)13-22-20(26)25-10-7-15(8-11-25)19-12-16-4-2-3-5-18(16)24-19/h2-6,9,12,15,24H,7-8,10-11,13H2,1H3,(H,22,26). The third kappa shape index (κ3) is 3.54. The van der Waals surface area contributed by atoms with Gasteiger partial charge in [0.1, 0.15) is 5.82 Å². The van der Waals surface area contributed by atoms with Crippen LogP contribution < -0.4 is 5.32 Å². The van der Waals surface area contributed by atoms with Gasteiger partial charge in [0.15, 0.2) is 0 Å². The predicted molar refractivity (Wildman–Crippen MR) is 101 cm³/mol. The number of piperidine rings is 1. The highest BCUT2D eigenvalue weighted by Crippen LogP contribution is 2.29. The molecule has 1 aromatic carbocycles. The van der Waals surface area contributed by atoms with Crippen LogP contribution in [0.5, 0.6) is 0 Å². The highest BCUT2D eigenvalue weighted by Gasteiger charge is 2.24. The molecule has 1 saturated heterocycles. The number of aromatic amines is 1. The number of nitrogens with zero attached hydrogens (tertiary/aromatic N) is 3. The molecule has 3 aromatic rings. The molecule has 2 N–H and O–H groups in total. The largest absolute Gasteiger partial charge is 0.358 e. The van der Waals surface area contributed by atoms with Gasteiger partial charge >= 0.3 is 6.03 Å². The molecule has 0 unspecified atom stereocenters. The van der Waals surface area contributed by atoms with Gasteiger partial charge in [-0.3, -0.25) is 0 Å². The second-order valence-electron chi connectivity index (χ2n) is 6.83. The minimum absolute atomic E-state index is 0.0173. The molecule has 134 valence electrons. The quantitative estimate of drug-likeness (QED) is 0.761. The number of hydrogen-bond acceptors (Lipinski definition) is 3. The fraction of sp³-hybridized carbons (Fsp3) is 0.350. The zero-order valence-electron chi connectivity index (χ0n) is 14.9. The van der Waals surface area contributed by atoms with E-state index in [4.69, 9.17) is 0 Å². The average Bonchev–Trinajstić information content (AvgIpc) is 3.10. The average molecular weight is 349 g/mol. The first-order valence-electron chi connectivity index (χ1n) is 9.08. The lowest BCUT2D eigenvalue weighted by Gasteiger charge is -2.31. The van der Waals surface area contributed by atoms with Gasteiger partial charge in [-0.2, -0.15) is 0 Å². The lowest BCUT2D eigenvalue weighted by Crippen LogP contribution is -2.44. The van der Waals surface area contributed by atoms with E-state index >= 15 is 0 Å². The van der Waals surface area contributed by atoms with Gasteiger partial charge in [0, 0.05) is 36.4 Å². The van der Waals surface area contributed by atoms with Crippen molar-refractivity contribution in [2.24, 2.45) is 0 Å². The summed E-state index contributed by atoms with van der Waals surface area (Å²) in [6.45, 7) is 3.83. The summed E-state index contributed by atoms with van der Waals surface area (Å²) in [5.41, 5.74) is 3.30. The SMILES string of the molecule is Cc1nccc(CNC(=O)N2CCC(c3cc4ccccc4[nH]3)CC2)n1. The number of nitrogens with one attached hydrogen (secondary N) is 2. The second-order valence-corrected chi connectivity index (χ2v) is 6.83. The summed E-state index contributed by atoms with van der Waals surface area (Å²) in [5.74, 6) is 1.20. The normalized spacial score (nSPS) is 15.3. The van der Waals surface area contributed by atoms with Crippen molar-refractivity contribution in [1.29, 1.82) is 0 Å². The number of likely N-dealkylation sites (tertiary alicyclic amines) is 1. The Kier molecular flexibility index (Phi) is 4.56. The van der Waals surface area contributed by atoms with E-state index in [9.17, 15) is 4.79 Å². The summed E-state index contributed by atoms with van der Waals surface area (Å²) in [6, 6.07) is 12.4. The molecule has 3 heterocycles. The molecule has 0 saturated carbocycles. The Morgan fingerprint density at radius 2 is 2.08 bits per heavy atom. The first-order valence-corrected chi connectivity index (χ1v) is 9.08. The fourth-order valence-corrected chi connectivity index (χ4v) is 3.59. The number of carbonyl (C=O) groups excluding carboxylic acids is 1. The maximum absolute atomic E-state index is 12.4. The van der Waals surface area contributed by atoms with Crippen molar-refractivity contribution in [1.82, 2.24) is 25.2 Å². The summed E-state index contributed by atoms with van der Waals surface area (Å²) in [5, 5.41) is 4.21. The molecule has 1 fully saturated rings. The summed E-state index contributed by atoms with van der Waals surface area (Å²) < 4.78 is 0. The van der Waals surface area contributed by atoms with Crippen molar-refractivity contribution < 1.29 is 4.79 Å². The Bertz CT molecular complexity index is 878. The van der Waals surface area contributed by atoms with Gasteiger partial charge < -0.3 is 15.2 Å². The molecule has 0 radical (unpaired) electrons. The van der Waals surface area contributed by atoms with Crippen LogP contribution in [-0.4, -0.2) is 39.0 Å². The van der Waals surface area contributed by atoms with Crippen LogP contribution in [0.4, 0.5) is 4.79 Å². The molecule has 0 spiro atoms. The third-order valence-electron chi connectivity index (χ3n) is 5.03. The van der Waals surface area contributed by atoms with Crippen molar-refractivity contribution in [3.05, 3.63) is 59.8 Å². The minimum atomic E-state index is -0.0173. The molecule has 2 aromatic heterocycles. The predicted octanol–water partition coefficient (Wildman–Crippen LogP) is 3.36. The molecule has 4 rings (SSSR count). The van der Waals surface area contributed by atoms with E-state index in [0.29, 0.717) is 12.5 Å². The van der Waals surface area contributed by atoms with Crippen LogP contribution in [0.3, 0.4) is 0 Å². The van der Waals surface area contributed by atoms with Gasteiger partial charge in [-0.15, -0.1) is 0 Å². The molecule has 0 atom stereocenters. The fourth-order valence-electron chi connectivity index (χ4n) is 3.59. The number of H-pyrrole nitrogens is 1. The van der Waals surface area contributed by atoms with Gasteiger partial charge in [0.2, 0.25) is 0 Å². The van der Waals surface area contributed by atoms with Crippen LogP contribution >= 0.6 is 0 Å². The van der Waals surface area contributed by atoms with Crippen LogP contribution in [-0.2, 0) is 6.54 Å². The minimum Gasteiger partial charge on any atom is -0.358 e. The molecule has 0 aliphatic carbocycles. The topological polar surface area (TPSA) is 73.9 Å². The molecular weight excluding hydrogens is 326 g/mol. The third-order valence-corrected chi connectivity index (χ3v) is 5.03. The van der Waals surface area contributed by atoms with Gasteiger partial charge in [0.25, 0.3) is 0 Å². The molecule has 1 aliphatic heterocycles. The number of para-hydroxylation sites is 1. The first kappa shape index (κ1) is 16.6. The van der Waals surface area contributed by atoms with E-state index in [2.05, 4.69) is 50.6 Å². The van der Waals surface area contributed by atoms with Crippen LogP contribution in [0.1, 0.15) is 36.0 Å². The summed E-state index contributed by atoms with van der Waals surface area (Å²) in [6.07, 6.45) is 3.68. The van der Waals surface area contributed by atoms with Crippen LogP contribution in [0.25, 0.3) is 10.9 Å². The van der Waals surface area contributed by atoms with Crippen LogP contribution in [0.2, 0.25) is 0 Å². The smallest absolute Gasteiger partial charge is 0.317 e. The lowest BCUT2D eigenvalue weighted by atomic mass is 9.94. The van der Waals surface area contributed by atoms with Gasteiger partial charge in [-0.1, -0.05) is 18.2 Å². The summed E-state index contributed by atoms with van der Waals surface area (Å²) in [7, 11) is 0. The van der Waals surface area contributed by atoms with Crippen LogP contribution in [0.15, 0.2) is 42.6 Å². The molecule has 26 heavy (non-hydrogen) atoms. The second kappa shape index (κ2) is 7.15. The summed E-state index contributed by atoms with van der Waals surface area (Å²) in [4.78, 5) is 26.2. The molecular formula is C20H23N5O. The Morgan fingerprint density at radius 3 is 2.85 bits per heavy atom. The highest BCUT2D eigenvalue weighted by molar-refractivity contribution is 5.80. The van der Waals surface area contributed by atoms with Gasteiger partial charge in [-0.05, 0) is 43.4 Å². The maximum Gasteiger partial charge on any atom is 0.317 e. The lowest BCUT2D eigenvalue weighted by molar-refractivity contribution is 0.180. The Morgan fingerprint density at radius 1 is 1.27 bits per heavy atom. The van der Waals surface area contributed by atoms with Crippen molar-refractivity contribution >= 4 is 16.9 Å². The highest BCUT2D eigenvalue weighted by atomic mass is 16.2. The number of hydrogen-bond donors (Lipinski definition) is 2. The first-order chi connectivity index (χ1) is 12.7. The number of aryl methyl sites for hydroxylation is 1. The van der Waals surface area contributed by atoms with E-state index in [0.717, 1.165) is 37.4 Å². The summed E-state index contributed by atoms with van der Waals surface area (Å²) >= 11 is 0. The van der Waals surface area contributed by atoms with Crippen molar-refractivity contribution in [3.63, 3.8) is 0 Å². The maximum atomic E-state index is 12.4. The number of urea groups is 1. The molecule has 0 bridgehead atoms. The molecule has 1 aliphatic rings. The van der Waals surface area contributed by atoms with Gasteiger partial charge in [-0.25, -0.2) is 14.8 Å². The Labute approximate surface area is 152 Å². The monoisotopic (exact) mass is 349 g/mol. The number of benzene rings is 1. The van der Waals surface area contributed by atoms with Crippen molar-refractivity contribution in [3.8, 4) is 0 Å². The Hall–Kier alpha value is -2.89. The number of aromatic nitrogens is 3. The van der Waals surface area contributed by atoms with Crippen LogP contribution in [0, 0.1) is 6.92 Å². The zero-order chi connectivity index (χ0) is 17.9. The van der Waals surface area contributed by atoms with Crippen molar-refractivity contribution in [2.75, 3.05) is 13.1 Å². The molecule has 6 nitrogen and oxygen atoms in total. The number of rotatable bonds is 3. The van der Waals surface area contributed by atoms with E-state index in [1.54, 1.807) is 6.20 Å². The molecule has 2 amide bonds. The Balaban J connectivity index is 1.32. The van der Waals surface area contributed by atoms with E-state index in [1.807, 2.05) is 17.9 Å². The molecule has 6 heteroatoms. The van der Waals surface area contributed by atoms with E-state index in [1.165, 1.54) is 16.6 Å².